The molecule has 1 heterocycles. The van der Waals surface area contributed by atoms with Crippen LogP contribution in [0.15, 0.2) is 24.3 Å². The van der Waals surface area contributed by atoms with Gasteiger partial charge in [0.1, 0.15) is 0 Å². The van der Waals surface area contributed by atoms with Gasteiger partial charge in [0, 0.05) is 21.4 Å². The van der Waals surface area contributed by atoms with Gasteiger partial charge >= 0.3 is 5.69 Å². The van der Waals surface area contributed by atoms with Crippen LogP contribution < -0.4 is 4.74 Å². The van der Waals surface area contributed by atoms with Gasteiger partial charge in [0.2, 0.25) is 5.78 Å². The summed E-state index contributed by atoms with van der Waals surface area (Å²) in [6.07, 6.45) is 0. The first-order valence-corrected chi connectivity index (χ1v) is 7.18. The van der Waals surface area contributed by atoms with Gasteiger partial charge in [-0.1, -0.05) is 6.07 Å². The highest BCUT2D eigenvalue weighted by atomic mass is 32.1. The molecule has 0 saturated heterocycles. The Bertz CT molecular complexity index is 706. The van der Waals surface area contributed by atoms with Gasteiger partial charge in [0.05, 0.1) is 4.92 Å². The number of Topliss-reactive ketones (excluding diaryl/α,β-unsaturated/α-hetero) is 1. The highest BCUT2D eigenvalue weighted by Gasteiger charge is 2.18. The van der Waals surface area contributed by atoms with Crippen molar-refractivity contribution in [2.45, 2.75) is 20.8 Å². The van der Waals surface area contributed by atoms with Gasteiger partial charge in [0.25, 0.3) is 0 Å². The van der Waals surface area contributed by atoms with Crippen LogP contribution in [-0.2, 0) is 0 Å². The fourth-order valence-electron chi connectivity index (χ4n) is 2.02. The Morgan fingerprint density at radius 2 is 2.00 bits per heavy atom. The predicted molar refractivity (Wildman–Crippen MR) is 81.5 cm³/mol. The number of nitrogens with zero attached hydrogens (tertiary/aromatic N) is 1. The first-order valence-electron chi connectivity index (χ1n) is 6.36. The molecule has 0 aliphatic heterocycles. The molecule has 1 aromatic heterocycles. The van der Waals surface area contributed by atoms with E-state index in [1.807, 2.05) is 19.9 Å². The molecule has 0 fully saturated rings. The number of ether oxygens (including phenoxy) is 1. The number of ketones is 1. The van der Waals surface area contributed by atoms with Gasteiger partial charge < -0.3 is 4.74 Å². The Labute approximate surface area is 126 Å². The van der Waals surface area contributed by atoms with E-state index in [0.29, 0.717) is 5.56 Å². The molecule has 110 valence electrons. The molecule has 0 atom stereocenters. The van der Waals surface area contributed by atoms with E-state index in [1.165, 1.54) is 12.1 Å². The van der Waals surface area contributed by atoms with E-state index in [0.717, 1.165) is 15.3 Å². The minimum absolute atomic E-state index is 0.114. The number of aryl methyl sites for hydroxylation is 3. The van der Waals surface area contributed by atoms with Gasteiger partial charge in [-0.25, -0.2) is 0 Å². The molecule has 0 unspecified atom stereocenters. The van der Waals surface area contributed by atoms with Crippen molar-refractivity contribution < 1.29 is 14.5 Å². The molecule has 2 aromatic rings. The Balaban J connectivity index is 2.15. The van der Waals surface area contributed by atoms with Crippen LogP contribution in [0.2, 0.25) is 0 Å². The van der Waals surface area contributed by atoms with E-state index >= 15 is 0 Å². The van der Waals surface area contributed by atoms with E-state index < -0.39 is 4.92 Å². The zero-order chi connectivity index (χ0) is 15.6. The third-order valence-corrected chi connectivity index (χ3v) is 3.98. The maximum absolute atomic E-state index is 12.1. The molecule has 0 amide bonds. The Hall–Kier alpha value is -2.21. The lowest BCUT2D eigenvalue weighted by Crippen LogP contribution is -2.12. The van der Waals surface area contributed by atoms with Gasteiger partial charge in [-0.2, -0.15) is 0 Å². The molecule has 2 rings (SSSR count). The predicted octanol–water partition coefficient (Wildman–Crippen LogP) is 3.84. The molecule has 5 nitrogen and oxygen atoms in total. The van der Waals surface area contributed by atoms with E-state index in [2.05, 4.69) is 0 Å². The molecule has 0 aliphatic carbocycles. The molecule has 0 saturated carbocycles. The maximum Gasteiger partial charge on any atom is 0.311 e. The highest BCUT2D eigenvalue weighted by molar-refractivity contribution is 7.12. The molecule has 0 aliphatic rings. The molecular formula is C15H15NO4S. The van der Waals surface area contributed by atoms with E-state index in [1.54, 1.807) is 24.3 Å². The summed E-state index contributed by atoms with van der Waals surface area (Å²) in [6, 6.07) is 6.48. The molecule has 0 N–H and O–H groups in total. The number of thiophene rings is 1. The molecule has 21 heavy (non-hydrogen) atoms. The number of hydrogen-bond acceptors (Lipinski definition) is 5. The molecule has 0 radical (unpaired) electrons. The largest absolute Gasteiger partial charge is 0.478 e. The van der Waals surface area contributed by atoms with E-state index in [4.69, 9.17) is 4.74 Å². The quantitative estimate of drug-likeness (QED) is 0.478. The second-order valence-corrected chi connectivity index (χ2v) is 6.23. The summed E-state index contributed by atoms with van der Waals surface area (Å²) < 4.78 is 5.35. The zero-order valence-electron chi connectivity index (χ0n) is 12.0. The standard InChI is InChI=1S/C15H15NO4S/c1-9-4-5-15(13(6-9)16(18)19)20-8-14(17)12-7-10(2)21-11(12)3/h4-7H,8H2,1-3H3. The lowest BCUT2D eigenvalue weighted by molar-refractivity contribution is -0.385. The number of nitro benzene ring substituents is 1. The van der Waals surface area contributed by atoms with Crippen LogP contribution in [0, 0.1) is 30.9 Å². The van der Waals surface area contributed by atoms with Crippen molar-refractivity contribution in [3.63, 3.8) is 0 Å². The van der Waals surface area contributed by atoms with Crippen molar-refractivity contribution in [3.05, 3.63) is 55.3 Å². The number of carbonyl (C=O) groups excluding carboxylic acids is 1. The average Bonchev–Trinajstić information content (AvgIpc) is 2.75. The summed E-state index contributed by atoms with van der Waals surface area (Å²) in [5, 5.41) is 11.0. The summed E-state index contributed by atoms with van der Waals surface area (Å²) in [7, 11) is 0. The first kappa shape index (κ1) is 15.2. The lowest BCUT2D eigenvalue weighted by atomic mass is 10.1. The van der Waals surface area contributed by atoms with Crippen LogP contribution in [0.25, 0.3) is 0 Å². The molecule has 6 heteroatoms. The summed E-state index contributed by atoms with van der Waals surface area (Å²) in [6.45, 7) is 5.36. The average molecular weight is 305 g/mol. The summed E-state index contributed by atoms with van der Waals surface area (Å²) in [4.78, 5) is 24.6. The smallest absolute Gasteiger partial charge is 0.311 e. The summed E-state index contributed by atoms with van der Waals surface area (Å²) in [5.41, 5.74) is 1.26. The van der Waals surface area contributed by atoms with Crippen molar-refractivity contribution in [2.75, 3.05) is 6.61 Å². The van der Waals surface area contributed by atoms with Crippen molar-refractivity contribution in [1.82, 2.24) is 0 Å². The van der Waals surface area contributed by atoms with Crippen LogP contribution >= 0.6 is 11.3 Å². The monoisotopic (exact) mass is 305 g/mol. The minimum Gasteiger partial charge on any atom is -0.478 e. The van der Waals surface area contributed by atoms with Crippen LogP contribution in [-0.4, -0.2) is 17.3 Å². The van der Waals surface area contributed by atoms with Gasteiger partial charge in [-0.3, -0.25) is 14.9 Å². The fraction of sp³-hybridized carbons (Fsp3) is 0.267. The first-order chi connectivity index (χ1) is 9.88. The highest BCUT2D eigenvalue weighted by Crippen LogP contribution is 2.28. The summed E-state index contributed by atoms with van der Waals surface area (Å²) in [5.74, 6) is -0.0599. The van der Waals surface area contributed by atoms with Crippen LogP contribution in [0.5, 0.6) is 5.75 Å². The normalized spacial score (nSPS) is 10.4. The van der Waals surface area contributed by atoms with Gasteiger partial charge in [-0.15, -0.1) is 11.3 Å². The molecule has 0 spiro atoms. The molecule has 1 aromatic carbocycles. The van der Waals surface area contributed by atoms with E-state index in [9.17, 15) is 14.9 Å². The van der Waals surface area contributed by atoms with Crippen LogP contribution in [0.3, 0.4) is 0 Å². The summed E-state index contributed by atoms with van der Waals surface area (Å²) >= 11 is 1.54. The van der Waals surface area contributed by atoms with Crippen molar-refractivity contribution >= 4 is 22.8 Å². The number of nitro groups is 1. The SMILES string of the molecule is Cc1ccc(OCC(=O)c2cc(C)sc2C)c([N+](=O)[O-])c1. The minimum atomic E-state index is -0.507. The number of benzene rings is 1. The van der Waals surface area contributed by atoms with Gasteiger partial charge in [-0.05, 0) is 38.5 Å². The van der Waals surface area contributed by atoms with E-state index in [-0.39, 0.29) is 23.8 Å². The third-order valence-electron chi connectivity index (χ3n) is 3.01. The van der Waals surface area contributed by atoms with Crippen molar-refractivity contribution in [3.8, 4) is 5.75 Å². The molecular weight excluding hydrogens is 290 g/mol. The fourth-order valence-corrected chi connectivity index (χ4v) is 2.96. The zero-order valence-corrected chi connectivity index (χ0v) is 12.8. The Morgan fingerprint density at radius 3 is 2.57 bits per heavy atom. The number of hydrogen-bond donors (Lipinski definition) is 0. The van der Waals surface area contributed by atoms with Crippen molar-refractivity contribution in [1.29, 1.82) is 0 Å². The third kappa shape index (κ3) is 3.46. The van der Waals surface area contributed by atoms with Crippen LogP contribution in [0.1, 0.15) is 25.7 Å². The second kappa shape index (κ2) is 6.05. The Kier molecular flexibility index (Phi) is 4.37. The maximum atomic E-state index is 12.1. The van der Waals surface area contributed by atoms with Gasteiger partial charge in [0.15, 0.2) is 12.4 Å². The lowest BCUT2D eigenvalue weighted by Gasteiger charge is -2.06. The number of carbonyl (C=O) groups is 1. The van der Waals surface area contributed by atoms with Crippen LogP contribution in [0.4, 0.5) is 5.69 Å². The Morgan fingerprint density at radius 1 is 1.29 bits per heavy atom. The molecule has 0 bridgehead atoms. The topological polar surface area (TPSA) is 69.4 Å². The second-order valence-electron chi connectivity index (χ2n) is 4.77. The van der Waals surface area contributed by atoms with Crippen molar-refractivity contribution in [2.24, 2.45) is 0 Å². The number of rotatable bonds is 5.